The highest BCUT2D eigenvalue weighted by molar-refractivity contribution is 6.30. The molecule has 0 saturated carbocycles. The van der Waals surface area contributed by atoms with E-state index in [9.17, 15) is 14.4 Å². The zero-order chi connectivity index (χ0) is 25.5. The smallest absolute Gasteiger partial charge is 0.262 e. The molecule has 1 heterocycles. The molecule has 3 amide bonds. The third kappa shape index (κ3) is 6.34. The number of rotatable bonds is 9. The maximum absolute atomic E-state index is 12.7. The Bertz CT molecular complexity index is 1250. The van der Waals surface area contributed by atoms with Crippen molar-refractivity contribution in [2.75, 3.05) is 30.5 Å². The van der Waals surface area contributed by atoms with Crippen molar-refractivity contribution < 1.29 is 23.9 Å². The van der Waals surface area contributed by atoms with Crippen molar-refractivity contribution in [3.8, 4) is 11.5 Å². The summed E-state index contributed by atoms with van der Waals surface area (Å²) in [6.07, 6.45) is 0.139. The van der Waals surface area contributed by atoms with Crippen LogP contribution in [0.1, 0.15) is 12.0 Å². The Hall–Kier alpha value is -4.04. The van der Waals surface area contributed by atoms with E-state index in [1.165, 1.54) is 0 Å². The molecule has 1 aliphatic rings. The molecule has 1 fully saturated rings. The van der Waals surface area contributed by atoms with Gasteiger partial charge >= 0.3 is 0 Å². The molecule has 4 rings (SSSR count). The number of benzene rings is 3. The number of methoxy groups -OCH3 is 1. The second-order valence-corrected chi connectivity index (χ2v) is 8.71. The van der Waals surface area contributed by atoms with Crippen molar-refractivity contribution in [1.82, 2.24) is 5.32 Å². The van der Waals surface area contributed by atoms with E-state index in [4.69, 9.17) is 21.1 Å². The van der Waals surface area contributed by atoms with Gasteiger partial charge in [-0.3, -0.25) is 14.4 Å². The molecule has 0 radical (unpaired) electrons. The number of anilines is 2. The van der Waals surface area contributed by atoms with Gasteiger partial charge in [-0.1, -0.05) is 35.9 Å². The molecule has 0 unspecified atom stereocenters. The number of para-hydroxylation sites is 1. The molecule has 8 nitrogen and oxygen atoms in total. The number of hydrogen-bond acceptors (Lipinski definition) is 5. The molecule has 0 aromatic heterocycles. The van der Waals surface area contributed by atoms with Crippen LogP contribution in [0.25, 0.3) is 0 Å². The third-order valence-corrected chi connectivity index (χ3v) is 6.00. The number of amides is 3. The van der Waals surface area contributed by atoms with Crippen LogP contribution in [-0.2, 0) is 20.9 Å². The van der Waals surface area contributed by atoms with Crippen LogP contribution in [0.4, 0.5) is 11.4 Å². The SMILES string of the molecule is COc1ccccc1CNC(=O)[C@H]1CC(=O)N(c2ccc(OCC(=O)Nc3cccc(Cl)c3)cc2)C1. The van der Waals surface area contributed by atoms with Crippen molar-refractivity contribution in [1.29, 1.82) is 0 Å². The number of ether oxygens (including phenoxy) is 2. The molecule has 0 aliphatic carbocycles. The van der Waals surface area contributed by atoms with Crippen LogP contribution in [0, 0.1) is 5.92 Å². The molecule has 3 aromatic rings. The van der Waals surface area contributed by atoms with Crippen LogP contribution in [0.5, 0.6) is 11.5 Å². The van der Waals surface area contributed by atoms with Gasteiger partial charge in [-0.05, 0) is 48.5 Å². The van der Waals surface area contributed by atoms with Crippen LogP contribution in [0.2, 0.25) is 5.02 Å². The zero-order valence-corrected chi connectivity index (χ0v) is 20.5. The number of carbonyl (C=O) groups excluding carboxylic acids is 3. The third-order valence-electron chi connectivity index (χ3n) is 5.77. The first kappa shape index (κ1) is 25.1. The van der Waals surface area contributed by atoms with Crippen LogP contribution in [-0.4, -0.2) is 38.0 Å². The Balaban J connectivity index is 1.28. The van der Waals surface area contributed by atoms with Gasteiger partial charge in [-0.15, -0.1) is 0 Å². The van der Waals surface area contributed by atoms with Crippen LogP contribution in [0.3, 0.4) is 0 Å². The number of halogens is 1. The molecule has 9 heteroatoms. The minimum absolute atomic E-state index is 0.123. The van der Waals surface area contributed by atoms with Gasteiger partial charge in [0.1, 0.15) is 11.5 Å². The summed E-state index contributed by atoms with van der Waals surface area (Å²) in [4.78, 5) is 39.0. The summed E-state index contributed by atoms with van der Waals surface area (Å²) in [5.41, 5.74) is 2.11. The minimum Gasteiger partial charge on any atom is -0.496 e. The number of nitrogens with zero attached hydrogens (tertiary/aromatic N) is 1. The molecule has 36 heavy (non-hydrogen) atoms. The zero-order valence-electron chi connectivity index (χ0n) is 19.7. The average Bonchev–Trinajstić information content (AvgIpc) is 3.28. The van der Waals surface area contributed by atoms with Crippen LogP contribution >= 0.6 is 11.6 Å². The lowest BCUT2D eigenvalue weighted by Crippen LogP contribution is -2.32. The second-order valence-electron chi connectivity index (χ2n) is 8.28. The lowest BCUT2D eigenvalue weighted by molar-refractivity contribution is -0.126. The van der Waals surface area contributed by atoms with Crippen molar-refractivity contribution in [2.45, 2.75) is 13.0 Å². The van der Waals surface area contributed by atoms with Gasteiger partial charge in [0.05, 0.1) is 13.0 Å². The van der Waals surface area contributed by atoms with E-state index in [0.717, 1.165) is 5.56 Å². The first-order valence-corrected chi connectivity index (χ1v) is 11.8. The maximum atomic E-state index is 12.7. The van der Waals surface area contributed by atoms with Gasteiger partial charge in [0, 0.05) is 41.5 Å². The molecule has 2 N–H and O–H groups in total. The summed E-state index contributed by atoms with van der Waals surface area (Å²) < 4.78 is 10.9. The van der Waals surface area contributed by atoms with Gasteiger partial charge in [0.25, 0.3) is 5.91 Å². The Morgan fingerprint density at radius 3 is 2.58 bits per heavy atom. The van der Waals surface area contributed by atoms with E-state index in [2.05, 4.69) is 10.6 Å². The van der Waals surface area contributed by atoms with Gasteiger partial charge in [0.2, 0.25) is 11.8 Å². The monoisotopic (exact) mass is 507 g/mol. The summed E-state index contributed by atoms with van der Waals surface area (Å²) in [6, 6.07) is 21.1. The Morgan fingerprint density at radius 1 is 1.06 bits per heavy atom. The molecular formula is C27H26ClN3O5. The highest BCUT2D eigenvalue weighted by atomic mass is 35.5. The summed E-state index contributed by atoms with van der Waals surface area (Å²) in [5, 5.41) is 6.14. The summed E-state index contributed by atoms with van der Waals surface area (Å²) >= 11 is 5.92. The van der Waals surface area contributed by atoms with E-state index in [1.54, 1.807) is 60.5 Å². The van der Waals surface area contributed by atoms with Crippen LogP contribution < -0.4 is 25.0 Å². The van der Waals surface area contributed by atoms with Crippen LogP contribution in [0.15, 0.2) is 72.8 Å². The lowest BCUT2D eigenvalue weighted by atomic mass is 10.1. The highest BCUT2D eigenvalue weighted by Crippen LogP contribution is 2.27. The largest absolute Gasteiger partial charge is 0.496 e. The van der Waals surface area contributed by atoms with Crippen molar-refractivity contribution in [2.24, 2.45) is 5.92 Å². The topological polar surface area (TPSA) is 97.0 Å². The van der Waals surface area contributed by atoms with E-state index >= 15 is 0 Å². The second kappa shape index (κ2) is 11.6. The highest BCUT2D eigenvalue weighted by Gasteiger charge is 2.35. The minimum atomic E-state index is -0.446. The van der Waals surface area contributed by atoms with E-state index in [0.29, 0.717) is 41.0 Å². The Morgan fingerprint density at radius 2 is 1.83 bits per heavy atom. The van der Waals surface area contributed by atoms with E-state index in [1.807, 2.05) is 24.3 Å². The van der Waals surface area contributed by atoms with Gasteiger partial charge in [-0.2, -0.15) is 0 Å². The Labute approximate surface area is 214 Å². The molecule has 0 bridgehead atoms. The predicted octanol–water partition coefficient (Wildman–Crippen LogP) is 4.04. The first-order valence-electron chi connectivity index (χ1n) is 11.4. The molecule has 1 saturated heterocycles. The molecule has 186 valence electrons. The van der Waals surface area contributed by atoms with Crippen molar-refractivity contribution in [3.05, 3.63) is 83.4 Å². The van der Waals surface area contributed by atoms with Gasteiger partial charge in [-0.25, -0.2) is 0 Å². The summed E-state index contributed by atoms with van der Waals surface area (Å²) in [6.45, 7) is 0.437. The van der Waals surface area contributed by atoms with E-state index in [-0.39, 0.29) is 30.7 Å². The number of nitrogens with one attached hydrogen (secondary N) is 2. The quantitative estimate of drug-likeness (QED) is 0.455. The average molecular weight is 508 g/mol. The van der Waals surface area contributed by atoms with E-state index < -0.39 is 5.92 Å². The van der Waals surface area contributed by atoms with Crippen molar-refractivity contribution in [3.63, 3.8) is 0 Å². The fourth-order valence-electron chi connectivity index (χ4n) is 3.94. The molecule has 1 aliphatic heterocycles. The van der Waals surface area contributed by atoms with Crippen molar-refractivity contribution >= 4 is 40.7 Å². The first-order chi connectivity index (χ1) is 17.4. The molecule has 3 aromatic carbocycles. The normalized spacial score (nSPS) is 14.9. The summed E-state index contributed by atoms with van der Waals surface area (Å²) in [7, 11) is 1.58. The van der Waals surface area contributed by atoms with Gasteiger partial charge in [0.15, 0.2) is 6.61 Å². The fraction of sp³-hybridized carbons (Fsp3) is 0.222. The maximum Gasteiger partial charge on any atom is 0.262 e. The molecular weight excluding hydrogens is 482 g/mol. The lowest BCUT2D eigenvalue weighted by Gasteiger charge is -2.17. The predicted molar refractivity (Wildman–Crippen MR) is 137 cm³/mol. The summed E-state index contributed by atoms with van der Waals surface area (Å²) in [5.74, 6) is 0.115. The standard InChI is InChI=1S/C27H26ClN3O5/c1-35-24-8-3-2-5-18(24)15-29-27(34)19-13-26(33)31(16-19)22-9-11-23(12-10-22)36-17-25(32)30-21-7-4-6-20(28)14-21/h2-12,14,19H,13,15-17H2,1H3,(H,29,34)(H,30,32)/t19-/m0/s1. The van der Waals surface area contributed by atoms with Gasteiger partial charge < -0.3 is 25.0 Å². The Kier molecular flexibility index (Phi) is 8.07. The fourth-order valence-corrected chi connectivity index (χ4v) is 4.13. The molecule has 0 spiro atoms. The number of carbonyl (C=O) groups is 3. The number of hydrogen-bond donors (Lipinski definition) is 2. The molecule has 1 atom stereocenters.